The van der Waals surface area contributed by atoms with Crippen molar-refractivity contribution >= 4 is 5.97 Å². The van der Waals surface area contributed by atoms with Crippen molar-refractivity contribution in [2.24, 2.45) is 5.73 Å². The van der Waals surface area contributed by atoms with E-state index in [-0.39, 0.29) is 6.42 Å². The van der Waals surface area contributed by atoms with Crippen molar-refractivity contribution in [3.8, 4) is 0 Å². The van der Waals surface area contributed by atoms with E-state index in [9.17, 15) is 4.79 Å². The lowest BCUT2D eigenvalue weighted by Crippen LogP contribution is -2.17. The largest absolute Gasteiger partial charge is 0.481 e. The summed E-state index contributed by atoms with van der Waals surface area (Å²) in [7, 11) is 0. The van der Waals surface area contributed by atoms with Crippen LogP contribution in [0.5, 0.6) is 0 Å². The maximum atomic E-state index is 10.6. The minimum absolute atomic E-state index is 0.0296. The second-order valence-corrected chi connectivity index (χ2v) is 3.92. The molecule has 3 N–H and O–H groups in total. The summed E-state index contributed by atoms with van der Waals surface area (Å²) in [6.45, 7) is 0. The van der Waals surface area contributed by atoms with Crippen LogP contribution in [0.2, 0.25) is 0 Å². The number of carbonyl (C=O) groups is 1. The summed E-state index contributed by atoms with van der Waals surface area (Å²) in [5.74, 6) is -0.863. The van der Waals surface area contributed by atoms with Crippen molar-refractivity contribution in [3.05, 3.63) is 29.1 Å². The van der Waals surface area contributed by atoms with E-state index in [1.54, 1.807) is 6.20 Å². The minimum atomic E-state index is -0.863. The molecule has 1 heterocycles. The minimum Gasteiger partial charge on any atom is -0.481 e. The Bertz CT molecular complexity index is 390. The summed E-state index contributed by atoms with van der Waals surface area (Å²) >= 11 is 0. The first-order chi connectivity index (χ1) is 7.18. The monoisotopic (exact) mass is 206 g/mol. The van der Waals surface area contributed by atoms with Gasteiger partial charge in [0.1, 0.15) is 0 Å². The zero-order valence-corrected chi connectivity index (χ0v) is 8.44. The molecule has 0 bridgehead atoms. The van der Waals surface area contributed by atoms with Crippen molar-refractivity contribution in [1.82, 2.24) is 4.98 Å². The van der Waals surface area contributed by atoms with Gasteiger partial charge >= 0.3 is 5.97 Å². The standard InChI is InChI=1S/C11H14N2O2/c12-10(4-11(14)15)9-6-13-5-7-2-1-3-8(7)9/h5-6,10H,1-4,12H2,(H,14,15). The van der Waals surface area contributed by atoms with Crippen LogP contribution in [-0.2, 0) is 17.6 Å². The molecule has 15 heavy (non-hydrogen) atoms. The van der Waals surface area contributed by atoms with Crippen LogP contribution in [-0.4, -0.2) is 16.1 Å². The van der Waals surface area contributed by atoms with Crippen molar-refractivity contribution in [2.45, 2.75) is 31.7 Å². The second kappa shape index (κ2) is 3.98. The Morgan fingerprint density at radius 3 is 3.07 bits per heavy atom. The molecule has 0 spiro atoms. The molecule has 0 fully saturated rings. The highest BCUT2D eigenvalue weighted by Gasteiger charge is 2.20. The summed E-state index contributed by atoms with van der Waals surface area (Å²) in [6.07, 6.45) is 6.69. The summed E-state index contributed by atoms with van der Waals surface area (Å²) < 4.78 is 0. The summed E-state index contributed by atoms with van der Waals surface area (Å²) in [5.41, 5.74) is 9.21. The van der Waals surface area contributed by atoms with Crippen LogP contribution in [0.1, 0.15) is 35.6 Å². The summed E-state index contributed by atoms with van der Waals surface area (Å²) in [4.78, 5) is 14.7. The average molecular weight is 206 g/mol. The van der Waals surface area contributed by atoms with E-state index >= 15 is 0 Å². The molecule has 1 atom stereocenters. The second-order valence-electron chi connectivity index (χ2n) is 3.92. The van der Waals surface area contributed by atoms with Gasteiger partial charge in [-0.25, -0.2) is 0 Å². The molecule has 0 radical (unpaired) electrons. The smallest absolute Gasteiger partial charge is 0.305 e. The Morgan fingerprint density at radius 2 is 2.33 bits per heavy atom. The summed E-state index contributed by atoms with van der Waals surface area (Å²) in [5, 5.41) is 8.69. The highest BCUT2D eigenvalue weighted by molar-refractivity contribution is 5.68. The van der Waals surface area contributed by atoms with Crippen molar-refractivity contribution in [2.75, 3.05) is 0 Å². The Kier molecular flexibility index (Phi) is 2.68. The van der Waals surface area contributed by atoms with E-state index < -0.39 is 12.0 Å². The quantitative estimate of drug-likeness (QED) is 0.774. The molecule has 0 aromatic carbocycles. The van der Waals surface area contributed by atoms with Gasteiger partial charge in [-0.3, -0.25) is 9.78 Å². The highest BCUT2D eigenvalue weighted by Crippen LogP contribution is 2.28. The van der Waals surface area contributed by atoms with Crippen LogP contribution in [0.25, 0.3) is 0 Å². The van der Waals surface area contributed by atoms with E-state index in [2.05, 4.69) is 4.98 Å². The highest BCUT2D eigenvalue weighted by atomic mass is 16.4. The fourth-order valence-corrected chi connectivity index (χ4v) is 2.14. The third-order valence-corrected chi connectivity index (χ3v) is 2.85. The van der Waals surface area contributed by atoms with Crippen molar-refractivity contribution < 1.29 is 9.90 Å². The molecule has 1 aromatic heterocycles. The molecule has 1 aromatic rings. The van der Waals surface area contributed by atoms with Gasteiger partial charge in [-0.2, -0.15) is 0 Å². The van der Waals surface area contributed by atoms with Gasteiger partial charge in [0.05, 0.1) is 6.42 Å². The number of aliphatic carboxylic acids is 1. The number of hydrogen-bond acceptors (Lipinski definition) is 3. The van der Waals surface area contributed by atoms with Crippen LogP contribution in [0.4, 0.5) is 0 Å². The lowest BCUT2D eigenvalue weighted by atomic mass is 9.99. The Morgan fingerprint density at radius 1 is 1.53 bits per heavy atom. The number of carboxylic acid groups (broad SMARTS) is 1. The topological polar surface area (TPSA) is 76.2 Å². The number of aryl methyl sites for hydroxylation is 1. The number of hydrogen-bond donors (Lipinski definition) is 2. The number of nitrogens with zero attached hydrogens (tertiary/aromatic N) is 1. The number of aromatic nitrogens is 1. The third kappa shape index (κ3) is 1.99. The zero-order valence-electron chi connectivity index (χ0n) is 8.44. The molecule has 0 aliphatic heterocycles. The van der Waals surface area contributed by atoms with E-state index in [1.807, 2.05) is 6.20 Å². The summed E-state index contributed by atoms with van der Waals surface area (Å²) in [6, 6.07) is -0.428. The van der Waals surface area contributed by atoms with Gasteiger partial charge in [0.25, 0.3) is 0 Å². The number of fused-ring (bicyclic) bond motifs is 1. The van der Waals surface area contributed by atoms with Gasteiger partial charge in [0.15, 0.2) is 0 Å². The predicted octanol–water partition coefficient (Wildman–Crippen LogP) is 1.04. The molecular weight excluding hydrogens is 192 g/mol. The normalized spacial score (nSPS) is 16.1. The number of nitrogens with two attached hydrogens (primary N) is 1. The molecule has 0 saturated carbocycles. The molecule has 80 valence electrons. The SMILES string of the molecule is NC(CC(=O)O)c1cncc2c1CCC2. The first-order valence-electron chi connectivity index (χ1n) is 5.11. The fraction of sp³-hybridized carbons (Fsp3) is 0.455. The zero-order chi connectivity index (χ0) is 10.8. The lowest BCUT2D eigenvalue weighted by molar-refractivity contribution is -0.137. The maximum absolute atomic E-state index is 10.6. The van der Waals surface area contributed by atoms with Crippen LogP contribution in [0, 0.1) is 0 Å². The molecule has 1 aliphatic rings. The van der Waals surface area contributed by atoms with Gasteiger partial charge in [-0.15, -0.1) is 0 Å². The Labute approximate surface area is 88.1 Å². The van der Waals surface area contributed by atoms with E-state index in [1.165, 1.54) is 11.1 Å². The molecule has 4 nitrogen and oxygen atoms in total. The van der Waals surface area contributed by atoms with Gasteiger partial charge in [0.2, 0.25) is 0 Å². The molecule has 4 heteroatoms. The maximum Gasteiger partial charge on any atom is 0.305 e. The van der Waals surface area contributed by atoms with Gasteiger partial charge in [0, 0.05) is 18.4 Å². The van der Waals surface area contributed by atoms with Crippen LogP contribution >= 0.6 is 0 Å². The van der Waals surface area contributed by atoms with Gasteiger partial charge in [-0.05, 0) is 36.0 Å². The molecule has 0 amide bonds. The molecule has 1 unspecified atom stereocenters. The first-order valence-corrected chi connectivity index (χ1v) is 5.11. The average Bonchev–Trinajstić information content (AvgIpc) is 2.63. The van der Waals surface area contributed by atoms with Crippen molar-refractivity contribution in [1.29, 1.82) is 0 Å². The molecule has 0 saturated heterocycles. The van der Waals surface area contributed by atoms with E-state index in [0.29, 0.717) is 0 Å². The first kappa shape index (κ1) is 10.1. The molecular formula is C11H14N2O2. The molecule has 1 aliphatic carbocycles. The predicted molar refractivity (Wildman–Crippen MR) is 55.4 cm³/mol. The van der Waals surface area contributed by atoms with Crippen LogP contribution in [0.3, 0.4) is 0 Å². The van der Waals surface area contributed by atoms with Crippen molar-refractivity contribution in [3.63, 3.8) is 0 Å². The van der Waals surface area contributed by atoms with E-state index in [4.69, 9.17) is 10.8 Å². The van der Waals surface area contributed by atoms with Gasteiger partial charge in [-0.1, -0.05) is 0 Å². The lowest BCUT2D eigenvalue weighted by Gasteiger charge is -2.13. The number of carboxylic acids is 1. The number of pyridine rings is 1. The van der Waals surface area contributed by atoms with Gasteiger partial charge < -0.3 is 10.8 Å². The van der Waals surface area contributed by atoms with Crippen LogP contribution in [0.15, 0.2) is 12.4 Å². The third-order valence-electron chi connectivity index (χ3n) is 2.85. The van der Waals surface area contributed by atoms with Crippen LogP contribution < -0.4 is 5.73 Å². The molecule has 2 rings (SSSR count). The fourth-order valence-electron chi connectivity index (χ4n) is 2.14. The Balaban J connectivity index is 2.28. The Hall–Kier alpha value is -1.42. The van der Waals surface area contributed by atoms with E-state index in [0.717, 1.165) is 24.8 Å². The number of rotatable bonds is 3.